The van der Waals surface area contributed by atoms with Gasteiger partial charge in [0.15, 0.2) is 0 Å². The monoisotopic (exact) mass is 494 g/mol. The molecule has 0 fully saturated rings. The summed E-state index contributed by atoms with van der Waals surface area (Å²) >= 11 is 0. The van der Waals surface area contributed by atoms with Gasteiger partial charge in [-0.15, -0.1) is 0 Å². The number of H-pyrrole nitrogens is 4. The fourth-order valence-electron chi connectivity index (χ4n) is 5.12. The maximum atomic E-state index is 6.02. The average molecular weight is 495 g/mol. The number of aromatic amines is 4. The molecule has 0 amide bonds. The molecule has 6 heteroatoms. The summed E-state index contributed by atoms with van der Waals surface area (Å²) in [6.07, 6.45) is 4.22. The summed E-state index contributed by atoms with van der Waals surface area (Å²) in [5.41, 5.74) is 21.8. The van der Waals surface area contributed by atoms with Gasteiger partial charge in [0.25, 0.3) is 0 Å². The Hall–Kier alpha value is -5.36. The van der Waals surface area contributed by atoms with Gasteiger partial charge in [-0.1, -0.05) is 24.3 Å². The molecule has 6 nitrogen and oxygen atoms in total. The van der Waals surface area contributed by atoms with Crippen LogP contribution in [0.1, 0.15) is 33.9 Å². The molecule has 0 saturated carbocycles. The minimum absolute atomic E-state index is 0.733. The molecule has 2 aromatic carbocycles. The number of rotatable bonds is 2. The largest absolute Gasteiger partial charge is 0.399 e. The smallest absolute Gasteiger partial charge is 0.0485 e. The molecule has 8 N–H and O–H groups in total. The molecule has 5 heterocycles. The number of anilines is 2. The SMILES string of the molecule is Nc1ccc(C2=c3ccc([nH]3)=C(c3ccc(N)cc3)c3ccc([nH]3)C=c3ccc([nH]3)=Cc3ccc2[nH]3)cc1. The van der Waals surface area contributed by atoms with E-state index >= 15 is 0 Å². The number of aromatic nitrogens is 4. The Morgan fingerprint density at radius 3 is 1.29 bits per heavy atom. The second-order valence-corrected chi connectivity index (χ2v) is 9.59. The number of hydrogen-bond acceptors (Lipinski definition) is 2. The molecular weight excluding hydrogens is 468 g/mol. The number of fused-ring (bicyclic) bond motifs is 8. The fourth-order valence-corrected chi connectivity index (χ4v) is 5.12. The molecule has 38 heavy (non-hydrogen) atoms. The minimum atomic E-state index is 0.733. The van der Waals surface area contributed by atoms with E-state index < -0.39 is 0 Å². The first-order valence-corrected chi connectivity index (χ1v) is 12.5. The summed E-state index contributed by atoms with van der Waals surface area (Å²) in [7, 11) is 0. The van der Waals surface area contributed by atoms with Crippen LogP contribution in [-0.4, -0.2) is 19.9 Å². The normalized spacial score (nSPS) is 12.7. The van der Waals surface area contributed by atoms with E-state index in [0.29, 0.717) is 0 Å². The van der Waals surface area contributed by atoms with E-state index in [0.717, 1.165) is 77.8 Å². The third-order valence-corrected chi connectivity index (χ3v) is 6.93. The summed E-state index contributed by atoms with van der Waals surface area (Å²) in [6, 6.07) is 32.8. The fraction of sp³-hybridized carbons (Fsp3) is 0. The van der Waals surface area contributed by atoms with E-state index in [1.807, 2.05) is 24.3 Å². The number of benzene rings is 2. The van der Waals surface area contributed by atoms with Gasteiger partial charge in [0, 0.05) is 66.7 Å². The highest BCUT2D eigenvalue weighted by molar-refractivity contribution is 5.80. The van der Waals surface area contributed by atoms with Crippen LogP contribution in [0, 0.1) is 0 Å². The van der Waals surface area contributed by atoms with E-state index in [2.05, 4.69) is 105 Å². The molecule has 1 aliphatic rings. The highest BCUT2D eigenvalue weighted by Crippen LogP contribution is 2.23. The highest BCUT2D eigenvalue weighted by atomic mass is 14.8. The Kier molecular flexibility index (Phi) is 4.97. The van der Waals surface area contributed by atoms with Gasteiger partial charge in [0.05, 0.1) is 0 Å². The molecule has 1 aliphatic heterocycles. The standard InChI is InChI=1S/C32H26N6/c33-21-5-1-19(2-6-21)31-27-13-11-25(36-27)17-23-9-10-24(35-23)18-26-12-14-28(37-26)32(30-16-15-29(31)38-30)20-3-7-22(34)8-4-20/h1-18,35-38H,33-34H2. The van der Waals surface area contributed by atoms with E-state index in [9.17, 15) is 0 Å². The van der Waals surface area contributed by atoms with Crippen LogP contribution in [-0.2, 0) is 0 Å². The molecule has 6 aromatic rings. The quantitative estimate of drug-likeness (QED) is 0.208. The molecular formula is C32H26N6. The van der Waals surface area contributed by atoms with Crippen LogP contribution in [0.4, 0.5) is 11.4 Å². The third kappa shape index (κ3) is 3.94. The zero-order valence-electron chi connectivity index (χ0n) is 20.5. The maximum Gasteiger partial charge on any atom is 0.0485 e. The Bertz CT molecular complexity index is 1880. The molecule has 0 radical (unpaired) electrons. The molecule has 0 atom stereocenters. The van der Waals surface area contributed by atoms with Crippen molar-refractivity contribution in [2.45, 2.75) is 0 Å². The summed E-state index contributed by atoms with van der Waals surface area (Å²) in [5.74, 6) is 0. The van der Waals surface area contributed by atoms with Crippen molar-refractivity contribution in [2.75, 3.05) is 11.5 Å². The van der Waals surface area contributed by atoms with Crippen LogP contribution in [0.2, 0.25) is 0 Å². The minimum Gasteiger partial charge on any atom is -0.399 e. The van der Waals surface area contributed by atoms with Crippen molar-refractivity contribution >= 4 is 34.7 Å². The predicted octanol–water partition coefficient (Wildman–Crippen LogP) is 2.63. The Balaban J connectivity index is 1.59. The van der Waals surface area contributed by atoms with E-state index in [1.165, 1.54) is 0 Å². The van der Waals surface area contributed by atoms with Crippen LogP contribution >= 0.6 is 0 Å². The number of nitrogens with two attached hydrogens (primary N) is 2. The Morgan fingerprint density at radius 2 is 0.842 bits per heavy atom. The molecule has 0 spiro atoms. The van der Waals surface area contributed by atoms with Crippen LogP contribution in [0.15, 0.2) is 97.1 Å². The first kappa shape index (κ1) is 21.9. The lowest BCUT2D eigenvalue weighted by atomic mass is 10.0. The van der Waals surface area contributed by atoms with Crippen LogP contribution < -0.4 is 32.9 Å². The van der Waals surface area contributed by atoms with Gasteiger partial charge < -0.3 is 31.4 Å². The highest BCUT2D eigenvalue weighted by Gasteiger charge is 2.13. The van der Waals surface area contributed by atoms with Crippen molar-refractivity contribution in [3.05, 3.63) is 152 Å². The van der Waals surface area contributed by atoms with Gasteiger partial charge in [-0.05, 0) is 96.1 Å². The summed E-state index contributed by atoms with van der Waals surface area (Å²) in [5, 5.41) is 4.04. The Morgan fingerprint density at radius 1 is 0.395 bits per heavy atom. The van der Waals surface area contributed by atoms with Crippen LogP contribution in [0.3, 0.4) is 0 Å². The zero-order valence-corrected chi connectivity index (χ0v) is 20.5. The lowest BCUT2D eigenvalue weighted by Crippen LogP contribution is -2.17. The van der Waals surface area contributed by atoms with Crippen molar-refractivity contribution in [1.82, 2.24) is 19.9 Å². The zero-order chi connectivity index (χ0) is 25.6. The van der Waals surface area contributed by atoms with Gasteiger partial charge >= 0.3 is 0 Å². The van der Waals surface area contributed by atoms with Crippen molar-refractivity contribution in [2.24, 2.45) is 0 Å². The third-order valence-electron chi connectivity index (χ3n) is 6.93. The molecule has 4 aromatic heterocycles. The second-order valence-electron chi connectivity index (χ2n) is 9.59. The van der Waals surface area contributed by atoms with Gasteiger partial charge in [-0.25, -0.2) is 0 Å². The van der Waals surface area contributed by atoms with Crippen molar-refractivity contribution in [3.8, 4) is 0 Å². The molecule has 0 aliphatic carbocycles. The number of nitrogen functional groups attached to an aromatic ring is 2. The van der Waals surface area contributed by atoms with Gasteiger partial charge in [0.1, 0.15) is 0 Å². The molecule has 0 saturated heterocycles. The lowest BCUT2D eigenvalue weighted by molar-refractivity contribution is 1.20. The summed E-state index contributed by atoms with van der Waals surface area (Å²) in [6.45, 7) is 0. The van der Waals surface area contributed by atoms with Gasteiger partial charge in [0.2, 0.25) is 0 Å². The lowest BCUT2D eigenvalue weighted by Gasteiger charge is -2.08. The first-order chi connectivity index (χ1) is 18.6. The molecule has 184 valence electrons. The second kappa shape index (κ2) is 8.64. The van der Waals surface area contributed by atoms with Crippen molar-refractivity contribution in [1.29, 1.82) is 0 Å². The summed E-state index contributed by atoms with van der Waals surface area (Å²) in [4.78, 5) is 14.4. The van der Waals surface area contributed by atoms with E-state index in [4.69, 9.17) is 11.5 Å². The van der Waals surface area contributed by atoms with E-state index in [1.54, 1.807) is 0 Å². The molecule has 7 rings (SSSR count). The topological polar surface area (TPSA) is 115 Å². The molecule has 0 unspecified atom stereocenters. The van der Waals surface area contributed by atoms with Crippen molar-refractivity contribution < 1.29 is 0 Å². The van der Waals surface area contributed by atoms with Gasteiger partial charge in [-0.2, -0.15) is 0 Å². The number of nitrogens with one attached hydrogen (secondary N) is 4. The average Bonchev–Trinajstić information content (AvgIpc) is 3.72. The molecule has 8 bridgehead atoms. The maximum absolute atomic E-state index is 6.02. The van der Waals surface area contributed by atoms with Gasteiger partial charge in [-0.3, -0.25) is 0 Å². The first-order valence-electron chi connectivity index (χ1n) is 12.5. The van der Waals surface area contributed by atoms with Crippen LogP contribution in [0.25, 0.3) is 23.3 Å². The predicted molar refractivity (Wildman–Crippen MR) is 154 cm³/mol. The van der Waals surface area contributed by atoms with Crippen molar-refractivity contribution in [3.63, 3.8) is 0 Å². The Labute approximate surface area is 218 Å². The van der Waals surface area contributed by atoms with E-state index in [-0.39, 0.29) is 0 Å². The number of hydrogen-bond donors (Lipinski definition) is 6. The summed E-state index contributed by atoms with van der Waals surface area (Å²) < 4.78 is 0. The van der Waals surface area contributed by atoms with Crippen LogP contribution in [0.5, 0.6) is 0 Å².